The number of rotatable bonds is 9. The Kier molecular flexibility index (Phi) is 7.24. The molecule has 2 saturated heterocycles. The summed E-state index contributed by atoms with van der Waals surface area (Å²) >= 11 is 0. The minimum atomic E-state index is -0.370. The summed E-state index contributed by atoms with van der Waals surface area (Å²) < 4.78 is 25.2. The zero-order valence-corrected chi connectivity index (χ0v) is 19.8. The van der Waals surface area contributed by atoms with Gasteiger partial charge in [0, 0.05) is 0 Å². The Hall–Kier alpha value is -0.290. The van der Waals surface area contributed by atoms with Crippen LogP contribution in [0, 0.1) is 0 Å². The van der Waals surface area contributed by atoms with Crippen molar-refractivity contribution < 1.29 is 18.6 Å². The van der Waals surface area contributed by atoms with E-state index in [1.54, 1.807) is 0 Å². The zero-order valence-electron chi connectivity index (χ0n) is 19.8. The summed E-state index contributed by atoms with van der Waals surface area (Å²) in [5.41, 5.74) is -0.340. The van der Waals surface area contributed by atoms with Crippen molar-refractivity contribution in [3.05, 3.63) is 12.1 Å². The fourth-order valence-electron chi connectivity index (χ4n) is 3.69. The maximum Gasteiger partial charge on any atom is 0.489 e. The highest BCUT2D eigenvalue weighted by atomic mass is 16.7. The lowest BCUT2D eigenvalue weighted by atomic mass is 9.62. The molecule has 2 heterocycles. The van der Waals surface area contributed by atoms with Gasteiger partial charge in [0.2, 0.25) is 0 Å². The highest BCUT2D eigenvalue weighted by Gasteiger charge is 2.55. The van der Waals surface area contributed by atoms with Gasteiger partial charge in [0.15, 0.2) is 0 Å². The summed E-state index contributed by atoms with van der Waals surface area (Å²) in [6.45, 7) is 23.4. The van der Waals surface area contributed by atoms with Gasteiger partial charge in [-0.2, -0.15) is 0 Å². The summed E-state index contributed by atoms with van der Waals surface area (Å²) in [5, 5.41) is 0. The average molecular weight is 392 g/mol. The van der Waals surface area contributed by atoms with E-state index < -0.39 is 0 Å². The lowest BCUT2D eigenvalue weighted by Crippen LogP contribution is -2.41. The van der Waals surface area contributed by atoms with Crippen LogP contribution in [0.3, 0.4) is 0 Å². The van der Waals surface area contributed by atoms with Crippen LogP contribution in [0.1, 0.15) is 101 Å². The van der Waals surface area contributed by atoms with Crippen molar-refractivity contribution in [3.8, 4) is 0 Å². The Bertz CT molecular complexity index is 525. The van der Waals surface area contributed by atoms with Gasteiger partial charge in [-0.3, -0.25) is 0 Å². The summed E-state index contributed by atoms with van der Waals surface area (Å²) in [7, 11) is -0.587. The highest BCUT2D eigenvalue weighted by molar-refractivity contribution is 6.55. The molecule has 2 rings (SSSR count). The predicted molar refractivity (Wildman–Crippen MR) is 118 cm³/mol. The van der Waals surface area contributed by atoms with E-state index in [2.05, 4.69) is 68.9 Å². The van der Waals surface area contributed by atoms with Crippen molar-refractivity contribution in [2.45, 2.75) is 129 Å². The summed E-state index contributed by atoms with van der Waals surface area (Å²) in [6, 6.07) is 0. The van der Waals surface area contributed by atoms with Crippen molar-refractivity contribution in [1.82, 2.24) is 0 Å². The van der Waals surface area contributed by atoms with Crippen LogP contribution in [0.5, 0.6) is 0 Å². The van der Waals surface area contributed by atoms with Crippen molar-refractivity contribution in [1.29, 1.82) is 0 Å². The molecule has 0 amide bonds. The molecule has 2 aliphatic rings. The topological polar surface area (TPSA) is 36.9 Å². The Labute approximate surface area is 174 Å². The number of allylic oxidation sites excluding steroid dienone is 1. The third-order valence-electron chi connectivity index (χ3n) is 7.20. The molecule has 160 valence electrons. The second-order valence-electron chi connectivity index (χ2n) is 10.7. The van der Waals surface area contributed by atoms with Crippen molar-refractivity contribution in [2.24, 2.45) is 0 Å². The SMILES string of the molecule is C=C(CC(CCCCCC)B1OC(C)(C)C(C)(C)O1)B1OC(C)(C)C(C)(C)O1. The quantitative estimate of drug-likeness (QED) is 0.356. The maximum absolute atomic E-state index is 6.38. The van der Waals surface area contributed by atoms with Gasteiger partial charge in [-0.1, -0.05) is 39.0 Å². The van der Waals surface area contributed by atoms with Gasteiger partial charge in [0.25, 0.3) is 0 Å². The van der Waals surface area contributed by atoms with Crippen molar-refractivity contribution >= 4 is 14.2 Å². The fraction of sp³-hybridized carbons (Fsp3) is 0.909. The van der Waals surface area contributed by atoms with Crippen LogP contribution >= 0.6 is 0 Å². The first kappa shape index (κ1) is 24.0. The van der Waals surface area contributed by atoms with Crippen LogP contribution in [-0.2, 0) is 18.6 Å². The van der Waals surface area contributed by atoms with Gasteiger partial charge in [-0.15, -0.1) is 6.58 Å². The summed E-state index contributed by atoms with van der Waals surface area (Å²) in [4.78, 5) is 0. The van der Waals surface area contributed by atoms with Gasteiger partial charge in [0.1, 0.15) is 0 Å². The van der Waals surface area contributed by atoms with Crippen LogP contribution < -0.4 is 0 Å². The third-order valence-corrected chi connectivity index (χ3v) is 7.20. The van der Waals surface area contributed by atoms with E-state index in [-0.39, 0.29) is 42.5 Å². The van der Waals surface area contributed by atoms with E-state index in [0.717, 1.165) is 18.3 Å². The summed E-state index contributed by atoms with van der Waals surface area (Å²) in [5.74, 6) is 0.254. The molecule has 0 saturated carbocycles. The molecule has 0 aromatic heterocycles. The molecule has 28 heavy (non-hydrogen) atoms. The molecule has 1 unspecified atom stereocenters. The largest absolute Gasteiger partial charge is 0.489 e. The number of hydrogen-bond donors (Lipinski definition) is 0. The molecule has 6 heteroatoms. The van der Waals surface area contributed by atoms with Gasteiger partial charge < -0.3 is 18.6 Å². The molecule has 0 bridgehead atoms. The maximum atomic E-state index is 6.38. The van der Waals surface area contributed by atoms with Crippen LogP contribution in [0.2, 0.25) is 5.82 Å². The Morgan fingerprint density at radius 3 is 1.68 bits per heavy atom. The smallest absolute Gasteiger partial charge is 0.403 e. The van der Waals surface area contributed by atoms with Crippen LogP contribution in [0.15, 0.2) is 12.1 Å². The molecular formula is C22H42B2O4. The molecule has 0 aromatic rings. The molecule has 2 aliphatic heterocycles. The molecule has 0 aliphatic carbocycles. The monoisotopic (exact) mass is 392 g/mol. The van der Waals surface area contributed by atoms with E-state index in [4.69, 9.17) is 18.6 Å². The molecule has 4 nitrogen and oxygen atoms in total. The van der Waals surface area contributed by atoms with Gasteiger partial charge in [-0.05, 0) is 73.1 Å². The van der Waals surface area contributed by atoms with Gasteiger partial charge >= 0.3 is 14.2 Å². The zero-order chi connectivity index (χ0) is 21.4. The fourth-order valence-corrected chi connectivity index (χ4v) is 3.69. The minimum absolute atomic E-state index is 0.217. The number of unbranched alkanes of at least 4 members (excludes halogenated alkanes) is 3. The molecule has 2 fully saturated rings. The second-order valence-corrected chi connectivity index (χ2v) is 10.7. The van der Waals surface area contributed by atoms with E-state index in [9.17, 15) is 0 Å². The Balaban J connectivity index is 2.07. The molecule has 1 atom stereocenters. The van der Waals surface area contributed by atoms with Crippen molar-refractivity contribution in [2.75, 3.05) is 0 Å². The third kappa shape index (κ3) is 5.06. The minimum Gasteiger partial charge on any atom is -0.403 e. The number of hydrogen-bond acceptors (Lipinski definition) is 4. The van der Waals surface area contributed by atoms with E-state index >= 15 is 0 Å². The molecule has 0 radical (unpaired) electrons. The second kappa shape index (κ2) is 8.45. The molecule has 0 spiro atoms. The van der Waals surface area contributed by atoms with Crippen LogP contribution in [0.25, 0.3) is 0 Å². The Morgan fingerprint density at radius 1 is 0.750 bits per heavy atom. The average Bonchev–Trinajstić information content (AvgIpc) is 2.90. The normalized spacial score (nSPS) is 25.9. The van der Waals surface area contributed by atoms with E-state index in [1.807, 2.05) is 0 Å². The first-order valence-corrected chi connectivity index (χ1v) is 11.1. The standard InChI is InChI=1S/C22H42B2O4/c1-11-12-13-14-15-18(24-27-21(7,8)22(9,10)28-24)16-17(2)23-25-19(3,4)20(5,6)26-23/h18H,2,11-16H2,1,3-10H3. The van der Waals surface area contributed by atoms with E-state index in [1.165, 1.54) is 25.7 Å². The Morgan fingerprint density at radius 2 is 1.21 bits per heavy atom. The molecule has 0 aromatic carbocycles. The van der Waals surface area contributed by atoms with Gasteiger partial charge in [0.05, 0.1) is 22.4 Å². The van der Waals surface area contributed by atoms with Crippen LogP contribution in [0.4, 0.5) is 0 Å². The van der Waals surface area contributed by atoms with Crippen LogP contribution in [-0.4, -0.2) is 36.6 Å². The lowest BCUT2D eigenvalue weighted by molar-refractivity contribution is 0.00578. The molecule has 0 N–H and O–H groups in total. The van der Waals surface area contributed by atoms with Crippen molar-refractivity contribution in [3.63, 3.8) is 0 Å². The summed E-state index contributed by atoms with van der Waals surface area (Å²) in [6.07, 6.45) is 6.79. The first-order valence-electron chi connectivity index (χ1n) is 11.1. The lowest BCUT2D eigenvalue weighted by Gasteiger charge is -2.32. The van der Waals surface area contributed by atoms with Gasteiger partial charge in [-0.25, -0.2) is 0 Å². The first-order chi connectivity index (χ1) is 12.7. The van der Waals surface area contributed by atoms with E-state index in [0.29, 0.717) is 0 Å². The molecular weight excluding hydrogens is 350 g/mol. The predicted octanol–water partition coefficient (Wildman–Crippen LogP) is 6.00. The highest BCUT2D eigenvalue weighted by Crippen LogP contribution is 2.44.